The molecule has 1 saturated heterocycles. The molecule has 1 fully saturated rings. The third-order valence-electron chi connectivity index (χ3n) is 4.93. The SMILES string of the molecule is CSc1nc2nc(C)c(CCC(=O)NCCC(=O)N3CCCC3)c(C)n2n1. The zero-order valence-corrected chi connectivity index (χ0v) is 16.9. The van der Waals surface area contributed by atoms with E-state index in [-0.39, 0.29) is 11.8 Å². The van der Waals surface area contributed by atoms with Gasteiger partial charge in [-0.2, -0.15) is 4.98 Å². The molecule has 2 amide bonds. The third kappa shape index (κ3) is 4.58. The molecule has 8 nitrogen and oxygen atoms in total. The number of nitrogens with one attached hydrogen (secondary N) is 1. The number of fused-ring (bicyclic) bond motifs is 1. The molecule has 1 N–H and O–H groups in total. The lowest BCUT2D eigenvalue weighted by Gasteiger charge is -2.15. The summed E-state index contributed by atoms with van der Waals surface area (Å²) in [6.07, 6.45) is 5.40. The zero-order chi connectivity index (χ0) is 19.4. The fourth-order valence-corrected chi connectivity index (χ4v) is 3.73. The van der Waals surface area contributed by atoms with Gasteiger partial charge in [0.05, 0.1) is 0 Å². The molecule has 0 aromatic carbocycles. The Morgan fingerprint density at radius 2 is 1.89 bits per heavy atom. The Morgan fingerprint density at radius 1 is 1.15 bits per heavy atom. The summed E-state index contributed by atoms with van der Waals surface area (Å²) in [5.74, 6) is 0.666. The first-order valence-corrected chi connectivity index (χ1v) is 10.5. The molecule has 1 aliphatic heterocycles. The van der Waals surface area contributed by atoms with Gasteiger partial charge in [0.15, 0.2) is 0 Å². The molecule has 27 heavy (non-hydrogen) atoms. The number of aryl methyl sites for hydroxylation is 2. The van der Waals surface area contributed by atoms with Crippen molar-refractivity contribution >= 4 is 29.4 Å². The van der Waals surface area contributed by atoms with E-state index in [1.807, 2.05) is 25.0 Å². The standard InChI is InChI=1S/C18H26N6O2S/c1-12-14(13(2)24-17(20-12)21-18(22-24)27-3)6-7-15(25)19-9-8-16(26)23-10-4-5-11-23/h4-11H2,1-3H3,(H,19,25). The number of carbonyl (C=O) groups excluding carboxylic acids is 2. The predicted molar refractivity (Wildman–Crippen MR) is 104 cm³/mol. The Balaban J connectivity index is 1.53. The summed E-state index contributed by atoms with van der Waals surface area (Å²) in [6.45, 7) is 6.00. The van der Waals surface area contributed by atoms with Crippen LogP contribution in [-0.4, -0.2) is 62.2 Å². The second-order valence-corrected chi connectivity index (χ2v) is 7.53. The van der Waals surface area contributed by atoms with E-state index >= 15 is 0 Å². The first kappa shape index (κ1) is 19.6. The van der Waals surface area contributed by atoms with Gasteiger partial charge in [-0.05, 0) is 44.9 Å². The van der Waals surface area contributed by atoms with Crippen LogP contribution in [0.25, 0.3) is 5.78 Å². The number of carbonyl (C=O) groups is 2. The maximum Gasteiger partial charge on any atom is 0.253 e. The van der Waals surface area contributed by atoms with Gasteiger partial charge >= 0.3 is 0 Å². The molecule has 0 spiro atoms. The number of rotatable bonds is 7. The molecular formula is C18H26N6O2S. The normalized spacial score (nSPS) is 14.1. The van der Waals surface area contributed by atoms with Crippen LogP contribution in [0.4, 0.5) is 0 Å². The molecule has 0 unspecified atom stereocenters. The van der Waals surface area contributed by atoms with Crippen molar-refractivity contribution in [3.63, 3.8) is 0 Å². The number of hydrogen-bond donors (Lipinski definition) is 1. The van der Waals surface area contributed by atoms with E-state index < -0.39 is 0 Å². The molecule has 0 aliphatic carbocycles. The summed E-state index contributed by atoms with van der Waals surface area (Å²) in [4.78, 5) is 34.9. The lowest BCUT2D eigenvalue weighted by atomic mass is 10.1. The Morgan fingerprint density at radius 3 is 2.59 bits per heavy atom. The summed E-state index contributed by atoms with van der Waals surface area (Å²) in [5.41, 5.74) is 2.85. The van der Waals surface area contributed by atoms with Gasteiger partial charge in [0.25, 0.3) is 5.78 Å². The van der Waals surface area contributed by atoms with Crippen LogP contribution in [0.5, 0.6) is 0 Å². The number of thioether (sulfide) groups is 1. The highest BCUT2D eigenvalue weighted by atomic mass is 32.2. The molecule has 0 bridgehead atoms. The predicted octanol–water partition coefficient (Wildman–Crippen LogP) is 1.52. The number of hydrogen-bond acceptors (Lipinski definition) is 6. The van der Waals surface area contributed by atoms with Crippen LogP contribution in [0.2, 0.25) is 0 Å². The van der Waals surface area contributed by atoms with Crippen LogP contribution < -0.4 is 5.32 Å². The highest BCUT2D eigenvalue weighted by molar-refractivity contribution is 7.98. The Bertz CT molecular complexity index is 844. The van der Waals surface area contributed by atoms with Crippen LogP contribution in [0.1, 0.15) is 42.6 Å². The van der Waals surface area contributed by atoms with Crippen LogP contribution in [0.3, 0.4) is 0 Å². The lowest BCUT2D eigenvalue weighted by molar-refractivity contribution is -0.130. The highest BCUT2D eigenvalue weighted by Gasteiger charge is 2.18. The Hall–Kier alpha value is -2.16. The first-order chi connectivity index (χ1) is 13.0. The maximum atomic E-state index is 12.2. The zero-order valence-electron chi connectivity index (χ0n) is 16.1. The van der Waals surface area contributed by atoms with E-state index in [4.69, 9.17) is 0 Å². The fourth-order valence-electron chi connectivity index (χ4n) is 3.40. The molecule has 9 heteroatoms. The van der Waals surface area contributed by atoms with Crippen molar-refractivity contribution in [2.45, 2.75) is 51.1 Å². The van der Waals surface area contributed by atoms with Crippen molar-refractivity contribution in [1.29, 1.82) is 0 Å². The molecule has 0 saturated carbocycles. The highest BCUT2D eigenvalue weighted by Crippen LogP contribution is 2.18. The van der Waals surface area contributed by atoms with Crippen LogP contribution in [-0.2, 0) is 16.0 Å². The van der Waals surface area contributed by atoms with Gasteiger partial charge in [-0.3, -0.25) is 9.59 Å². The molecular weight excluding hydrogens is 364 g/mol. The van der Waals surface area contributed by atoms with Gasteiger partial charge in [0.2, 0.25) is 17.0 Å². The summed E-state index contributed by atoms with van der Waals surface area (Å²) in [5, 5.41) is 7.96. The van der Waals surface area contributed by atoms with E-state index in [9.17, 15) is 9.59 Å². The molecule has 3 heterocycles. The van der Waals surface area contributed by atoms with Crippen LogP contribution in [0.15, 0.2) is 5.16 Å². The molecule has 146 valence electrons. The third-order valence-corrected chi connectivity index (χ3v) is 5.47. The van der Waals surface area contributed by atoms with Crippen molar-refractivity contribution < 1.29 is 9.59 Å². The molecule has 1 aliphatic rings. The van der Waals surface area contributed by atoms with Crippen LogP contribution >= 0.6 is 11.8 Å². The minimum absolute atomic E-state index is 0.0495. The molecule has 3 rings (SSSR count). The minimum Gasteiger partial charge on any atom is -0.356 e. The largest absolute Gasteiger partial charge is 0.356 e. The van der Waals surface area contributed by atoms with E-state index in [1.165, 1.54) is 11.8 Å². The smallest absolute Gasteiger partial charge is 0.253 e. The number of nitrogens with zero attached hydrogens (tertiary/aromatic N) is 5. The van der Waals surface area contributed by atoms with Gasteiger partial charge in [0, 0.05) is 43.9 Å². The van der Waals surface area contributed by atoms with E-state index in [1.54, 1.807) is 4.52 Å². The number of likely N-dealkylation sites (tertiary alicyclic amines) is 1. The number of amides is 2. The molecule has 0 atom stereocenters. The van der Waals surface area contributed by atoms with E-state index in [2.05, 4.69) is 20.4 Å². The Kier molecular flexibility index (Phi) is 6.30. The van der Waals surface area contributed by atoms with Gasteiger partial charge in [-0.15, -0.1) is 5.10 Å². The van der Waals surface area contributed by atoms with Gasteiger partial charge < -0.3 is 10.2 Å². The fraction of sp³-hybridized carbons (Fsp3) is 0.611. The monoisotopic (exact) mass is 390 g/mol. The quantitative estimate of drug-likeness (QED) is 0.721. The van der Waals surface area contributed by atoms with Gasteiger partial charge in [-0.25, -0.2) is 9.50 Å². The molecule has 0 radical (unpaired) electrons. The maximum absolute atomic E-state index is 12.2. The summed E-state index contributed by atoms with van der Waals surface area (Å²) < 4.78 is 1.74. The summed E-state index contributed by atoms with van der Waals surface area (Å²) in [7, 11) is 0. The van der Waals surface area contributed by atoms with Crippen molar-refractivity contribution in [1.82, 2.24) is 29.8 Å². The van der Waals surface area contributed by atoms with E-state index in [0.29, 0.717) is 36.7 Å². The average molecular weight is 391 g/mol. The second kappa shape index (κ2) is 8.69. The van der Waals surface area contributed by atoms with Crippen molar-refractivity contribution in [3.8, 4) is 0 Å². The van der Waals surface area contributed by atoms with Crippen LogP contribution in [0, 0.1) is 13.8 Å². The summed E-state index contributed by atoms with van der Waals surface area (Å²) in [6, 6.07) is 0. The molecule has 2 aromatic rings. The lowest BCUT2D eigenvalue weighted by Crippen LogP contribution is -2.32. The second-order valence-electron chi connectivity index (χ2n) is 6.76. The van der Waals surface area contributed by atoms with Gasteiger partial charge in [0.1, 0.15) is 0 Å². The number of aromatic nitrogens is 4. The van der Waals surface area contributed by atoms with Gasteiger partial charge in [-0.1, -0.05) is 11.8 Å². The van der Waals surface area contributed by atoms with Crippen molar-refractivity contribution in [2.24, 2.45) is 0 Å². The van der Waals surface area contributed by atoms with E-state index in [0.717, 1.165) is 42.9 Å². The minimum atomic E-state index is -0.0495. The first-order valence-electron chi connectivity index (χ1n) is 9.31. The van der Waals surface area contributed by atoms with Crippen molar-refractivity contribution in [2.75, 3.05) is 25.9 Å². The molecule has 2 aromatic heterocycles. The Labute approximate surface area is 163 Å². The topological polar surface area (TPSA) is 92.5 Å². The summed E-state index contributed by atoms with van der Waals surface area (Å²) >= 11 is 1.48. The van der Waals surface area contributed by atoms with Crippen molar-refractivity contribution in [3.05, 3.63) is 17.0 Å². The average Bonchev–Trinajstić information content (AvgIpc) is 3.31.